The Morgan fingerprint density at radius 3 is 2.42 bits per heavy atom. The van der Waals surface area contributed by atoms with Crippen LogP contribution in [0.5, 0.6) is 0 Å². The Bertz CT molecular complexity index is 998. The van der Waals surface area contributed by atoms with E-state index in [1.807, 2.05) is 30.3 Å². The Morgan fingerprint density at radius 2 is 1.77 bits per heavy atom. The summed E-state index contributed by atoms with van der Waals surface area (Å²) in [4.78, 5) is 15.9. The van der Waals surface area contributed by atoms with E-state index in [2.05, 4.69) is 15.0 Å². The number of hydrogen-bond donors (Lipinski definition) is 2. The number of carbonyl (C=O) groups is 1. The van der Waals surface area contributed by atoms with Crippen molar-refractivity contribution in [3.63, 3.8) is 0 Å². The molecule has 0 aliphatic rings. The SMILES string of the molecule is O=C(/C=C/c1ccccc1)Nc1ccc(S(=O)(=O)Nc2nccs2)cc1. The van der Waals surface area contributed by atoms with Crippen LogP contribution in [0.1, 0.15) is 5.56 Å². The lowest BCUT2D eigenvalue weighted by Crippen LogP contribution is -2.13. The summed E-state index contributed by atoms with van der Waals surface area (Å²) in [7, 11) is -3.70. The monoisotopic (exact) mass is 385 g/mol. The molecule has 0 fully saturated rings. The van der Waals surface area contributed by atoms with Crippen LogP contribution in [0, 0.1) is 0 Å². The molecule has 26 heavy (non-hydrogen) atoms. The van der Waals surface area contributed by atoms with Gasteiger partial charge in [0.1, 0.15) is 0 Å². The third kappa shape index (κ3) is 4.78. The van der Waals surface area contributed by atoms with Gasteiger partial charge < -0.3 is 5.32 Å². The number of anilines is 2. The zero-order chi connectivity index (χ0) is 18.4. The summed E-state index contributed by atoms with van der Waals surface area (Å²) in [6.45, 7) is 0. The standard InChI is InChI=1S/C18H15N3O3S2/c22-17(11-6-14-4-2-1-3-5-14)20-15-7-9-16(10-8-15)26(23,24)21-18-19-12-13-25-18/h1-13H,(H,19,21)(H,20,22)/b11-6+. The van der Waals surface area contributed by atoms with Crippen LogP contribution in [0.3, 0.4) is 0 Å². The van der Waals surface area contributed by atoms with E-state index in [9.17, 15) is 13.2 Å². The number of nitrogens with one attached hydrogen (secondary N) is 2. The molecule has 3 aromatic rings. The van der Waals surface area contributed by atoms with Crippen LogP contribution < -0.4 is 10.0 Å². The van der Waals surface area contributed by atoms with Crippen LogP contribution in [0.15, 0.2) is 77.1 Å². The zero-order valence-electron chi connectivity index (χ0n) is 13.5. The van der Waals surface area contributed by atoms with Gasteiger partial charge in [-0.05, 0) is 35.9 Å². The van der Waals surface area contributed by atoms with Crippen molar-refractivity contribution in [2.75, 3.05) is 10.0 Å². The van der Waals surface area contributed by atoms with Crippen LogP contribution >= 0.6 is 11.3 Å². The van der Waals surface area contributed by atoms with Crippen molar-refractivity contribution in [3.05, 3.63) is 77.8 Å². The van der Waals surface area contributed by atoms with Crippen molar-refractivity contribution in [2.24, 2.45) is 0 Å². The largest absolute Gasteiger partial charge is 0.323 e. The Labute approximate surface area is 155 Å². The first kappa shape index (κ1) is 17.8. The van der Waals surface area contributed by atoms with Crippen LogP contribution in [0.4, 0.5) is 10.8 Å². The van der Waals surface area contributed by atoms with Gasteiger partial charge in [-0.2, -0.15) is 0 Å². The maximum Gasteiger partial charge on any atom is 0.263 e. The highest BCUT2D eigenvalue weighted by atomic mass is 32.2. The van der Waals surface area contributed by atoms with E-state index in [-0.39, 0.29) is 10.8 Å². The first-order chi connectivity index (χ1) is 12.5. The van der Waals surface area contributed by atoms with Crippen molar-refractivity contribution in [1.82, 2.24) is 4.98 Å². The van der Waals surface area contributed by atoms with Gasteiger partial charge in [0.15, 0.2) is 5.13 Å². The average Bonchev–Trinajstić information content (AvgIpc) is 3.14. The second kappa shape index (κ2) is 7.94. The first-order valence-corrected chi connectivity index (χ1v) is 9.96. The molecule has 8 heteroatoms. The summed E-state index contributed by atoms with van der Waals surface area (Å²) >= 11 is 1.19. The molecular formula is C18H15N3O3S2. The number of hydrogen-bond acceptors (Lipinski definition) is 5. The predicted octanol–water partition coefficient (Wildman–Crippen LogP) is 3.60. The highest BCUT2D eigenvalue weighted by molar-refractivity contribution is 7.93. The molecule has 0 atom stereocenters. The lowest BCUT2D eigenvalue weighted by Gasteiger charge is -2.07. The van der Waals surface area contributed by atoms with Gasteiger partial charge in [-0.15, -0.1) is 11.3 Å². The highest BCUT2D eigenvalue weighted by Crippen LogP contribution is 2.19. The maximum absolute atomic E-state index is 12.2. The molecule has 2 aromatic carbocycles. The highest BCUT2D eigenvalue weighted by Gasteiger charge is 2.15. The van der Waals surface area contributed by atoms with E-state index >= 15 is 0 Å². The molecule has 0 radical (unpaired) electrons. The lowest BCUT2D eigenvalue weighted by atomic mass is 10.2. The summed E-state index contributed by atoms with van der Waals surface area (Å²) in [5.74, 6) is -0.301. The quantitative estimate of drug-likeness (QED) is 0.635. The first-order valence-electron chi connectivity index (χ1n) is 7.59. The normalized spacial score (nSPS) is 11.4. The summed E-state index contributed by atoms with van der Waals surface area (Å²) < 4.78 is 26.9. The van der Waals surface area contributed by atoms with Gasteiger partial charge in [0, 0.05) is 23.3 Å². The van der Waals surface area contributed by atoms with Gasteiger partial charge in [0.2, 0.25) is 5.91 Å². The minimum Gasteiger partial charge on any atom is -0.323 e. The number of rotatable bonds is 6. The fourth-order valence-electron chi connectivity index (χ4n) is 2.09. The molecule has 0 bridgehead atoms. The van der Waals surface area contributed by atoms with E-state index in [0.29, 0.717) is 10.8 Å². The fraction of sp³-hybridized carbons (Fsp3) is 0. The number of carbonyl (C=O) groups excluding carboxylic acids is 1. The number of thiazole rings is 1. The van der Waals surface area contributed by atoms with Crippen LogP contribution in [-0.4, -0.2) is 19.3 Å². The molecule has 0 aliphatic heterocycles. The van der Waals surface area contributed by atoms with Crippen LogP contribution in [-0.2, 0) is 14.8 Å². The molecule has 0 unspecified atom stereocenters. The predicted molar refractivity (Wildman–Crippen MR) is 103 cm³/mol. The molecule has 1 heterocycles. The fourth-order valence-corrected chi connectivity index (χ4v) is 3.87. The van der Waals surface area contributed by atoms with Gasteiger partial charge in [0.05, 0.1) is 4.90 Å². The topological polar surface area (TPSA) is 88.2 Å². The number of amides is 1. The maximum atomic E-state index is 12.2. The molecule has 2 N–H and O–H groups in total. The number of aromatic nitrogens is 1. The second-order valence-electron chi connectivity index (χ2n) is 5.20. The minimum absolute atomic E-state index is 0.0885. The van der Waals surface area contributed by atoms with Gasteiger partial charge in [-0.25, -0.2) is 13.4 Å². The number of nitrogens with zero attached hydrogens (tertiary/aromatic N) is 1. The minimum atomic E-state index is -3.70. The zero-order valence-corrected chi connectivity index (χ0v) is 15.1. The van der Waals surface area contributed by atoms with E-state index in [4.69, 9.17) is 0 Å². The van der Waals surface area contributed by atoms with Crippen molar-refractivity contribution in [3.8, 4) is 0 Å². The van der Waals surface area contributed by atoms with Crippen LogP contribution in [0.25, 0.3) is 6.08 Å². The summed E-state index contributed by atoms with van der Waals surface area (Å²) in [5, 5.41) is 4.66. The summed E-state index contributed by atoms with van der Waals surface area (Å²) in [6, 6.07) is 15.4. The molecular weight excluding hydrogens is 370 g/mol. The van der Waals surface area contributed by atoms with E-state index < -0.39 is 10.0 Å². The Morgan fingerprint density at radius 1 is 1.04 bits per heavy atom. The third-order valence-corrected chi connectivity index (χ3v) is 5.49. The summed E-state index contributed by atoms with van der Waals surface area (Å²) in [5.41, 5.74) is 1.42. The lowest BCUT2D eigenvalue weighted by molar-refractivity contribution is -0.111. The van der Waals surface area contributed by atoms with E-state index in [1.165, 1.54) is 47.9 Å². The number of benzene rings is 2. The Kier molecular flexibility index (Phi) is 5.45. The van der Waals surface area contributed by atoms with Gasteiger partial charge in [0.25, 0.3) is 10.0 Å². The molecule has 1 aromatic heterocycles. The number of sulfonamides is 1. The smallest absolute Gasteiger partial charge is 0.263 e. The van der Waals surface area contributed by atoms with Gasteiger partial charge in [-0.1, -0.05) is 30.3 Å². The third-order valence-electron chi connectivity index (χ3n) is 3.31. The van der Waals surface area contributed by atoms with Crippen molar-refractivity contribution in [1.29, 1.82) is 0 Å². The van der Waals surface area contributed by atoms with Crippen molar-refractivity contribution in [2.45, 2.75) is 4.90 Å². The van der Waals surface area contributed by atoms with Crippen LogP contribution in [0.2, 0.25) is 0 Å². The molecule has 132 valence electrons. The molecule has 1 amide bonds. The molecule has 3 rings (SSSR count). The second-order valence-corrected chi connectivity index (χ2v) is 7.78. The molecule has 0 aliphatic carbocycles. The Balaban J connectivity index is 1.64. The van der Waals surface area contributed by atoms with Gasteiger partial charge in [-0.3, -0.25) is 9.52 Å². The molecule has 0 saturated carbocycles. The van der Waals surface area contributed by atoms with E-state index in [1.54, 1.807) is 11.5 Å². The molecule has 0 spiro atoms. The average molecular weight is 385 g/mol. The van der Waals surface area contributed by atoms with Crippen molar-refractivity contribution < 1.29 is 13.2 Å². The molecule has 0 saturated heterocycles. The van der Waals surface area contributed by atoms with Crippen molar-refractivity contribution >= 4 is 44.2 Å². The molecule has 6 nitrogen and oxygen atoms in total. The Hall–Kier alpha value is -2.97. The summed E-state index contributed by atoms with van der Waals surface area (Å²) in [6.07, 6.45) is 4.64. The van der Waals surface area contributed by atoms with Gasteiger partial charge >= 0.3 is 0 Å². The van der Waals surface area contributed by atoms with E-state index in [0.717, 1.165) is 5.56 Å².